The van der Waals surface area contributed by atoms with E-state index < -0.39 is 23.9 Å². The first-order valence-corrected chi connectivity index (χ1v) is 14.5. The molecular formula is C35H35N3O6. The highest BCUT2D eigenvalue weighted by Crippen LogP contribution is 2.45. The van der Waals surface area contributed by atoms with E-state index in [0.29, 0.717) is 34.7 Å². The highest BCUT2D eigenvalue weighted by molar-refractivity contribution is 6.08. The molecule has 226 valence electrons. The summed E-state index contributed by atoms with van der Waals surface area (Å²) in [4.78, 5) is 22.4. The van der Waals surface area contributed by atoms with Gasteiger partial charge in [-0.2, -0.15) is 0 Å². The maximum atomic E-state index is 12.8. The number of nitrogens with zero attached hydrogens (tertiary/aromatic N) is 2. The van der Waals surface area contributed by atoms with Gasteiger partial charge in [0.1, 0.15) is 18.6 Å². The number of aliphatic hydroxyl groups excluding tert-OH is 1. The van der Waals surface area contributed by atoms with Gasteiger partial charge in [0.05, 0.1) is 23.2 Å². The third kappa shape index (κ3) is 5.69. The average molecular weight is 594 g/mol. The second-order valence-electron chi connectivity index (χ2n) is 12.0. The lowest BCUT2D eigenvalue weighted by atomic mass is 9.86. The molecule has 2 aromatic heterocycles. The van der Waals surface area contributed by atoms with Crippen LogP contribution in [0.3, 0.4) is 0 Å². The Kier molecular flexibility index (Phi) is 7.71. The van der Waals surface area contributed by atoms with Gasteiger partial charge in [-0.3, -0.25) is 4.98 Å². The molecule has 6 rings (SSSR count). The number of ether oxygens (including phenoxy) is 3. The molecule has 4 N–H and O–H groups in total. The van der Waals surface area contributed by atoms with Crippen molar-refractivity contribution in [2.45, 2.75) is 58.7 Å². The van der Waals surface area contributed by atoms with Gasteiger partial charge in [0, 0.05) is 40.6 Å². The van der Waals surface area contributed by atoms with Crippen LogP contribution in [0.15, 0.2) is 66.9 Å². The molecule has 44 heavy (non-hydrogen) atoms. The van der Waals surface area contributed by atoms with Gasteiger partial charge in [-0.25, -0.2) is 9.78 Å². The molecule has 0 aliphatic carbocycles. The number of pyridine rings is 2. The second-order valence-corrected chi connectivity index (χ2v) is 12.0. The Bertz CT molecular complexity index is 1870. The van der Waals surface area contributed by atoms with Gasteiger partial charge in [0.15, 0.2) is 6.10 Å². The first-order valence-electron chi connectivity index (χ1n) is 14.5. The van der Waals surface area contributed by atoms with Crippen molar-refractivity contribution in [1.29, 1.82) is 0 Å². The molecule has 9 heteroatoms. The first-order chi connectivity index (χ1) is 21.0. The number of carboxylic acids is 1. The Balaban J connectivity index is 1.52. The van der Waals surface area contributed by atoms with Crippen molar-refractivity contribution in [3.63, 3.8) is 0 Å². The van der Waals surface area contributed by atoms with Gasteiger partial charge >= 0.3 is 5.97 Å². The molecule has 1 aliphatic rings. The molecule has 0 spiro atoms. The van der Waals surface area contributed by atoms with E-state index in [0.717, 1.165) is 50.7 Å². The molecule has 0 bridgehead atoms. The predicted octanol–water partition coefficient (Wildman–Crippen LogP) is 6.16. The van der Waals surface area contributed by atoms with Crippen molar-refractivity contribution in [1.82, 2.24) is 9.97 Å². The minimum Gasteiger partial charge on any atom is -0.493 e. The number of nitrogens with two attached hydrogens (primary N) is 1. The molecule has 2 atom stereocenters. The Morgan fingerprint density at radius 2 is 1.86 bits per heavy atom. The summed E-state index contributed by atoms with van der Waals surface area (Å²) in [7, 11) is 0. The molecule has 3 aromatic carbocycles. The minimum absolute atomic E-state index is 0.267. The van der Waals surface area contributed by atoms with E-state index in [-0.39, 0.29) is 6.61 Å². The lowest BCUT2D eigenvalue weighted by molar-refractivity contribution is -0.160. The summed E-state index contributed by atoms with van der Waals surface area (Å²) in [5, 5.41) is 21.7. The van der Waals surface area contributed by atoms with E-state index in [4.69, 9.17) is 29.9 Å². The molecule has 3 heterocycles. The maximum absolute atomic E-state index is 12.8. The Hall–Kier alpha value is -4.57. The lowest BCUT2D eigenvalue weighted by Gasteiger charge is -2.29. The van der Waals surface area contributed by atoms with Crippen molar-refractivity contribution in [3.8, 4) is 22.8 Å². The van der Waals surface area contributed by atoms with Crippen LogP contribution in [0.2, 0.25) is 0 Å². The summed E-state index contributed by atoms with van der Waals surface area (Å²) < 4.78 is 18.2. The molecule has 9 nitrogen and oxygen atoms in total. The number of aliphatic hydroxyl groups is 1. The molecule has 1 aliphatic heterocycles. The van der Waals surface area contributed by atoms with Gasteiger partial charge in [0.25, 0.3) is 0 Å². The Morgan fingerprint density at radius 1 is 1.09 bits per heavy atom. The van der Waals surface area contributed by atoms with Gasteiger partial charge in [-0.15, -0.1) is 0 Å². The largest absolute Gasteiger partial charge is 0.493 e. The highest BCUT2D eigenvalue weighted by Gasteiger charge is 2.33. The van der Waals surface area contributed by atoms with Crippen LogP contribution in [-0.4, -0.2) is 38.4 Å². The van der Waals surface area contributed by atoms with Gasteiger partial charge in [0.2, 0.25) is 5.88 Å². The van der Waals surface area contributed by atoms with Gasteiger partial charge in [-0.1, -0.05) is 24.3 Å². The van der Waals surface area contributed by atoms with Crippen molar-refractivity contribution in [3.05, 3.63) is 94.7 Å². The zero-order chi connectivity index (χ0) is 31.2. The van der Waals surface area contributed by atoms with Crippen LogP contribution in [0.4, 0.5) is 0 Å². The Labute approximate surface area is 255 Å². The second kappa shape index (κ2) is 11.5. The van der Waals surface area contributed by atoms with E-state index in [2.05, 4.69) is 0 Å². The number of benzene rings is 3. The van der Waals surface area contributed by atoms with E-state index in [1.807, 2.05) is 70.2 Å². The molecule has 0 amide bonds. The molecule has 0 saturated carbocycles. The molecule has 5 aromatic rings. The number of hydrogen-bond acceptors (Lipinski definition) is 8. The summed E-state index contributed by atoms with van der Waals surface area (Å²) in [6, 6.07) is 18.7. The Morgan fingerprint density at radius 3 is 2.57 bits per heavy atom. The zero-order valence-electron chi connectivity index (χ0n) is 25.1. The standard InChI is InChI=1S/C35H35N3O6/c1-19-17-25-23(10-12-27(38-25)43-18-20-5-7-22(8-6-20)33(36)39)30(28(19)32(34(40)41)44-35(2,3)4)24-9-11-26-29-21(14-16-42-26)13-15-37-31(24)29/h5-13,15,17,32-33,39H,14,16,18,36H2,1-4H3,(H,40,41)/t32-,33?/m0/s1. The normalized spacial score (nSPS) is 14.3. The fourth-order valence-corrected chi connectivity index (χ4v) is 5.77. The smallest absolute Gasteiger partial charge is 0.337 e. The number of carboxylic acid groups (broad SMARTS) is 1. The number of rotatable bonds is 8. The third-order valence-electron chi connectivity index (χ3n) is 7.72. The fourth-order valence-electron chi connectivity index (χ4n) is 5.77. The number of hydrogen-bond donors (Lipinski definition) is 3. The number of aromatic nitrogens is 2. The number of carbonyl (C=O) groups is 1. The van der Waals surface area contributed by atoms with Crippen LogP contribution in [0.1, 0.15) is 60.9 Å². The van der Waals surface area contributed by atoms with Crippen LogP contribution in [0.5, 0.6) is 11.6 Å². The summed E-state index contributed by atoms with van der Waals surface area (Å²) in [5.41, 5.74) is 11.6. The molecule has 1 unspecified atom stereocenters. The van der Waals surface area contributed by atoms with Crippen LogP contribution in [-0.2, 0) is 22.6 Å². The van der Waals surface area contributed by atoms with Crippen LogP contribution < -0.4 is 15.2 Å². The highest BCUT2D eigenvalue weighted by atomic mass is 16.5. The molecule has 0 radical (unpaired) electrons. The summed E-state index contributed by atoms with van der Waals surface area (Å²) in [5.74, 6) is 0.103. The van der Waals surface area contributed by atoms with Crippen molar-refractivity contribution in [2.75, 3.05) is 6.61 Å². The fraction of sp³-hybridized carbons (Fsp3) is 0.286. The van der Waals surface area contributed by atoms with Crippen LogP contribution in [0.25, 0.3) is 32.9 Å². The van der Waals surface area contributed by atoms with Crippen LogP contribution in [0, 0.1) is 6.92 Å². The maximum Gasteiger partial charge on any atom is 0.337 e. The van der Waals surface area contributed by atoms with Crippen molar-refractivity contribution < 1.29 is 29.2 Å². The van der Waals surface area contributed by atoms with E-state index in [9.17, 15) is 15.0 Å². The summed E-state index contributed by atoms with van der Waals surface area (Å²) in [6.07, 6.45) is 0.288. The van der Waals surface area contributed by atoms with E-state index in [1.165, 1.54) is 0 Å². The monoisotopic (exact) mass is 593 g/mol. The van der Waals surface area contributed by atoms with Crippen molar-refractivity contribution >= 4 is 27.8 Å². The topological polar surface area (TPSA) is 137 Å². The molecular weight excluding hydrogens is 558 g/mol. The zero-order valence-corrected chi connectivity index (χ0v) is 25.1. The SMILES string of the molecule is Cc1cc2nc(OCc3ccc(C(N)O)cc3)ccc2c(-c2ccc3c4c(ccnc24)CCO3)c1[C@H](OC(C)(C)C)C(=O)O. The van der Waals surface area contributed by atoms with Crippen molar-refractivity contribution in [2.24, 2.45) is 5.73 Å². The number of aryl methyl sites for hydroxylation is 1. The van der Waals surface area contributed by atoms with E-state index in [1.54, 1.807) is 24.4 Å². The minimum atomic E-state index is -1.23. The number of aliphatic carboxylic acids is 1. The van der Waals surface area contributed by atoms with E-state index >= 15 is 0 Å². The average Bonchev–Trinajstić information content (AvgIpc) is 2.98. The number of fused-ring (bicyclic) bond motifs is 1. The van der Waals surface area contributed by atoms with Gasteiger partial charge in [-0.05, 0) is 85.8 Å². The van der Waals surface area contributed by atoms with Crippen LogP contribution >= 0.6 is 0 Å². The van der Waals surface area contributed by atoms with Gasteiger partial charge < -0.3 is 30.2 Å². The predicted molar refractivity (Wildman–Crippen MR) is 168 cm³/mol. The molecule has 0 saturated heterocycles. The quantitative estimate of drug-likeness (QED) is 0.181. The summed E-state index contributed by atoms with van der Waals surface area (Å²) >= 11 is 0. The lowest BCUT2D eigenvalue weighted by Crippen LogP contribution is -2.28. The first kappa shape index (κ1) is 29.5. The summed E-state index contributed by atoms with van der Waals surface area (Å²) in [6.45, 7) is 8.27. The third-order valence-corrected chi connectivity index (χ3v) is 7.72. The molecule has 0 fully saturated rings.